The van der Waals surface area contributed by atoms with Crippen molar-refractivity contribution in [2.24, 2.45) is 0 Å². The van der Waals surface area contributed by atoms with Crippen molar-refractivity contribution in [2.45, 2.75) is 19.4 Å². The van der Waals surface area contributed by atoms with Crippen LogP contribution in [0.4, 0.5) is 4.39 Å². The van der Waals surface area contributed by atoms with Crippen molar-refractivity contribution in [1.29, 1.82) is 0 Å². The first-order valence-electron chi connectivity index (χ1n) is 9.75. The van der Waals surface area contributed by atoms with E-state index in [9.17, 15) is 9.18 Å². The molecule has 1 saturated heterocycles. The molecule has 0 spiro atoms. The van der Waals surface area contributed by atoms with Crippen molar-refractivity contribution >= 4 is 5.91 Å². The molecule has 1 atom stereocenters. The van der Waals surface area contributed by atoms with Crippen LogP contribution in [-0.4, -0.2) is 50.3 Å². The molecule has 0 bridgehead atoms. The molecule has 0 radical (unpaired) electrons. The van der Waals surface area contributed by atoms with Crippen LogP contribution in [0.1, 0.15) is 35.3 Å². The Balaban J connectivity index is 1.68. The summed E-state index contributed by atoms with van der Waals surface area (Å²) in [5.41, 5.74) is 1.54. The largest absolute Gasteiger partial charge is 0.494 e. The Kier molecular flexibility index (Phi) is 7.39. The zero-order chi connectivity index (χ0) is 19.8. The second-order valence-electron chi connectivity index (χ2n) is 6.80. The maximum atomic E-state index is 13.3. The van der Waals surface area contributed by atoms with Crippen LogP contribution < -0.4 is 10.1 Å². The van der Waals surface area contributed by atoms with E-state index in [1.165, 1.54) is 12.1 Å². The Morgan fingerprint density at radius 2 is 1.96 bits per heavy atom. The van der Waals surface area contributed by atoms with Crippen LogP contribution in [0.25, 0.3) is 0 Å². The van der Waals surface area contributed by atoms with Gasteiger partial charge in [0, 0.05) is 25.2 Å². The summed E-state index contributed by atoms with van der Waals surface area (Å²) in [5, 5.41) is 3.02. The summed E-state index contributed by atoms with van der Waals surface area (Å²) < 4.78 is 24.4. The number of amides is 1. The fourth-order valence-electron chi connectivity index (χ4n) is 3.27. The highest BCUT2D eigenvalue weighted by molar-refractivity contribution is 5.94. The lowest BCUT2D eigenvalue weighted by atomic mass is 10.0. The molecule has 1 fully saturated rings. The molecular weight excluding hydrogens is 359 g/mol. The average Bonchev–Trinajstić information content (AvgIpc) is 2.74. The van der Waals surface area contributed by atoms with Crippen molar-refractivity contribution in [3.8, 4) is 5.75 Å². The van der Waals surface area contributed by atoms with Gasteiger partial charge in [0.25, 0.3) is 5.91 Å². The summed E-state index contributed by atoms with van der Waals surface area (Å²) in [4.78, 5) is 14.9. The number of benzene rings is 2. The normalized spacial score (nSPS) is 15.8. The molecule has 1 heterocycles. The SMILES string of the molecule is CCCOc1cccc(C(=O)NCC(c2ccc(F)cc2)N2CCOCC2)c1. The van der Waals surface area contributed by atoms with E-state index < -0.39 is 0 Å². The molecule has 5 nitrogen and oxygen atoms in total. The van der Waals surface area contributed by atoms with Crippen molar-refractivity contribution in [1.82, 2.24) is 10.2 Å². The lowest BCUT2D eigenvalue weighted by Gasteiger charge is -2.35. The highest BCUT2D eigenvalue weighted by Gasteiger charge is 2.23. The number of nitrogens with zero attached hydrogens (tertiary/aromatic N) is 1. The van der Waals surface area contributed by atoms with Gasteiger partial charge >= 0.3 is 0 Å². The van der Waals surface area contributed by atoms with Gasteiger partial charge in [-0.2, -0.15) is 0 Å². The van der Waals surface area contributed by atoms with Gasteiger partial charge in [-0.15, -0.1) is 0 Å². The standard InChI is InChI=1S/C22H27FN2O3/c1-2-12-28-20-5-3-4-18(15-20)22(26)24-16-21(25-10-13-27-14-11-25)17-6-8-19(23)9-7-17/h3-9,15,21H,2,10-14,16H2,1H3,(H,24,26). The minimum Gasteiger partial charge on any atom is -0.494 e. The van der Waals surface area contributed by atoms with Crippen LogP contribution in [0.2, 0.25) is 0 Å². The molecule has 1 aliphatic rings. The Bertz CT molecular complexity index is 761. The number of nitrogens with one attached hydrogen (secondary N) is 1. The zero-order valence-electron chi connectivity index (χ0n) is 16.2. The number of carbonyl (C=O) groups is 1. The first-order chi connectivity index (χ1) is 13.7. The van der Waals surface area contributed by atoms with Crippen LogP contribution in [-0.2, 0) is 4.74 Å². The minimum absolute atomic E-state index is 0.0343. The number of rotatable bonds is 8. The predicted molar refractivity (Wildman–Crippen MR) is 106 cm³/mol. The fraction of sp³-hybridized carbons (Fsp3) is 0.409. The molecule has 28 heavy (non-hydrogen) atoms. The fourth-order valence-corrected chi connectivity index (χ4v) is 3.27. The third kappa shape index (κ3) is 5.53. The summed E-state index contributed by atoms with van der Waals surface area (Å²) in [6.07, 6.45) is 0.912. The summed E-state index contributed by atoms with van der Waals surface area (Å²) >= 11 is 0. The molecule has 1 unspecified atom stereocenters. The van der Waals surface area contributed by atoms with Gasteiger partial charge in [0.2, 0.25) is 0 Å². The van der Waals surface area contributed by atoms with Gasteiger partial charge in [0.1, 0.15) is 11.6 Å². The van der Waals surface area contributed by atoms with Gasteiger partial charge in [-0.1, -0.05) is 25.1 Å². The quantitative estimate of drug-likeness (QED) is 0.755. The average molecular weight is 386 g/mol. The summed E-state index contributed by atoms with van der Waals surface area (Å²) in [7, 11) is 0. The summed E-state index contributed by atoms with van der Waals surface area (Å²) in [6.45, 7) is 5.96. The molecule has 150 valence electrons. The van der Waals surface area contributed by atoms with Crippen LogP contribution >= 0.6 is 0 Å². The molecule has 6 heteroatoms. The first kappa shape index (κ1) is 20.3. The highest BCUT2D eigenvalue weighted by Crippen LogP contribution is 2.22. The molecule has 1 aliphatic heterocycles. The van der Waals surface area contributed by atoms with Crippen LogP contribution in [0.3, 0.4) is 0 Å². The summed E-state index contributed by atoms with van der Waals surface area (Å²) in [6, 6.07) is 13.6. The second-order valence-corrected chi connectivity index (χ2v) is 6.80. The van der Waals surface area contributed by atoms with Crippen LogP contribution in [0.5, 0.6) is 5.75 Å². The van der Waals surface area contributed by atoms with Crippen molar-refractivity contribution in [3.63, 3.8) is 0 Å². The van der Waals surface area contributed by atoms with E-state index in [1.807, 2.05) is 19.1 Å². The van der Waals surface area contributed by atoms with E-state index in [0.29, 0.717) is 37.7 Å². The molecule has 0 aromatic heterocycles. The molecule has 1 amide bonds. The smallest absolute Gasteiger partial charge is 0.251 e. The van der Waals surface area contributed by atoms with E-state index in [2.05, 4.69) is 10.2 Å². The van der Waals surface area contributed by atoms with Crippen LogP contribution in [0, 0.1) is 5.82 Å². The predicted octanol–water partition coefficient (Wildman–Crippen LogP) is 3.42. The first-order valence-corrected chi connectivity index (χ1v) is 9.75. The lowest BCUT2D eigenvalue weighted by molar-refractivity contribution is 0.0162. The Labute approximate surface area is 165 Å². The van der Waals surface area contributed by atoms with Crippen molar-refractivity contribution in [3.05, 3.63) is 65.5 Å². The van der Waals surface area contributed by atoms with E-state index in [-0.39, 0.29) is 17.8 Å². The number of hydrogen-bond donors (Lipinski definition) is 1. The molecule has 3 rings (SSSR count). The number of halogens is 1. The van der Waals surface area contributed by atoms with Crippen molar-refractivity contribution < 1.29 is 18.7 Å². The molecule has 0 saturated carbocycles. The number of ether oxygens (including phenoxy) is 2. The van der Waals surface area contributed by atoms with E-state index >= 15 is 0 Å². The van der Waals surface area contributed by atoms with E-state index in [0.717, 1.165) is 25.1 Å². The maximum absolute atomic E-state index is 13.3. The molecular formula is C22H27FN2O3. The van der Waals surface area contributed by atoms with Gasteiger partial charge in [0.05, 0.1) is 25.9 Å². The zero-order valence-corrected chi connectivity index (χ0v) is 16.2. The van der Waals surface area contributed by atoms with Gasteiger partial charge in [0.15, 0.2) is 0 Å². The maximum Gasteiger partial charge on any atom is 0.251 e. The molecule has 0 aliphatic carbocycles. The Morgan fingerprint density at radius 3 is 2.68 bits per heavy atom. The molecule has 2 aromatic rings. The third-order valence-electron chi connectivity index (χ3n) is 4.77. The minimum atomic E-state index is -0.266. The van der Waals surface area contributed by atoms with Gasteiger partial charge in [-0.25, -0.2) is 4.39 Å². The molecule has 2 aromatic carbocycles. The van der Waals surface area contributed by atoms with E-state index in [1.54, 1.807) is 24.3 Å². The lowest BCUT2D eigenvalue weighted by Crippen LogP contribution is -2.43. The summed E-state index contributed by atoms with van der Waals surface area (Å²) in [5.74, 6) is 0.275. The topological polar surface area (TPSA) is 50.8 Å². The van der Waals surface area contributed by atoms with Gasteiger partial charge in [-0.05, 0) is 42.3 Å². The van der Waals surface area contributed by atoms with Gasteiger partial charge < -0.3 is 14.8 Å². The number of morpholine rings is 1. The second kappa shape index (κ2) is 10.2. The third-order valence-corrected chi connectivity index (χ3v) is 4.77. The molecule has 1 N–H and O–H groups in total. The number of hydrogen-bond acceptors (Lipinski definition) is 4. The monoisotopic (exact) mass is 386 g/mol. The van der Waals surface area contributed by atoms with Crippen LogP contribution in [0.15, 0.2) is 48.5 Å². The Hall–Kier alpha value is -2.44. The number of carbonyl (C=O) groups excluding carboxylic acids is 1. The Morgan fingerprint density at radius 1 is 1.21 bits per heavy atom. The highest BCUT2D eigenvalue weighted by atomic mass is 19.1. The van der Waals surface area contributed by atoms with Crippen molar-refractivity contribution in [2.75, 3.05) is 39.5 Å². The van der Waals surface area contributed by atoms with Gasteiger partial charge in [-0.3, -0.25) is 9.69 Å². The van der Waals surface area contributed by atoms with E-state index in [4.69, 9.17) is 9.47 Å².